The molecule has 36 heavy (non-hydrogen) atoms. The predicted molar refractivity (Wildman–Crippen MR) is 147 cm³/mol. The number of aromatic nitrogens is 2. The SMILES string of the molecule is CCCc1nc2ccc(Br)cc2c(=O)n1N=Cc1cc(OC)c(OCc2ccccc2F)c(Cl)c1Br. The van der Waals surface area contributed by atoms with E-state index in [-0.39, 0.29) is 28.8 Å². The molecule has 3 aromatic carbocycles. The first kappa shape index (κ1) is 26.3. The molecule has 186 valence electrons. The standard InChI is InChI=1S/C26H21Br2ClFN3O3/c1-3-6-22-32-20-10-9-17(27)12-18(20)26(34)33(22)31-13-16-11-21(35-2)25(24(29)23(16)28)36-14-15-7-4-5-8-19(15)30/h4-5,7-13H,3,6,14H2,1-2H3. The molecule has 0 N–H and O–H groups in total. The van der Waals surface area contributed by atoms with Gasteiger partial charge in [-0.2, -0.15) is 9.78 Å². The molecular formula is C26H21Br2ClFN3O3. The second-order valence-corrected chi connectivity index (χ2v) is 9.89. The van der Waals surface area contributed by atoms with Crippen molar-refractivity contribution in [2.45, 2.75) is 26.4 Å². The van der Waals surface area contributed by atoms with E-state index in [0.717, 1.165) is 10.9 Å². The lowest BCUT2D eigenvalue weighted by Gasteiger charge is -2.15. The Morgan fingerprint density at radius 3 is 2.69 bits per heavy atom. The summed E-state index contributed by atoms with van der Waals surface area (Å²) in [5, 5.41) is 5.14. The number of aryl methyl sites for hydroxylation is 1. The van der Waals surface area contributed by atoms with Gasteiger partial charge in [0.2, 0.25) is 0 Å². The molecule has 4 aromatic rings. The Morgan fingerprint density at radius 2 is 1.97 bits per heavy atom. The summed E-state index contributed by atoms with van der Waals surface area (Å²) >= 11 is 13.5. The van der Waals surface area contributed by atoms with Crippen LogP contribution in [0.5, 0.6) is 11.5 Å². The van der Waals surface area contributed by atoms with Gasteiger partial charge in [-0.05, 0) is 52.7 Å². The van der Waals surface area contributed by atoms with Crippen LogP contribution in [0.3, 0.4) is 0 Å². The first-order valence-corrected chi connectivity index (χ1v) is 13.0. The number of ether oxygens (including phenoxy) is 2. The van der Waals surface area contributed by atoms with Gasteiger partial charge in [0.25, 0.3) is 5.56 Å². The van der Waals surface area contributed by atoms with Gasteiger partial charge in [-0.25, -0.2) is 9.37 Å². The van der Waals surface area contributed by atoms with Crippen molar-refractivity contribution in [1.29, 1.82) is 0 Å². The van der Waals surface area contributed by atoms with Crippen LogP contribution in [-0.2, 0) is 13.0 Å². The van der Waals surface area contributed by atoms with Crippen LogP contribution >= 0.6 is 43.5 Å². The maximum absolute atomic E-state index is 14.0. The minimum Gasteiger partial charge on any atom is -0.493 e. The van der Waals surface area contributed by atoms with Gasteiger partial charge in [-0.3, -0.25) is 4.79 Å². The second-order valence-electron chi connectivity index (χ2n) is 7.81. The number of nitrogens with zero attached hydrogens (tertiary/aromatic N) is 3. The highest BCUT2D eigenvalue weighted by Gasteiger charge is 2.18. The van der Waals surface area contributed by atoms with Crippen molar-refractivity contribution in [2.75, 3.05) is 7.11 Å². The Labute approximate surface area is 229 Å². The molecule has 0 amide bonds. The Bertz CT molecular complexity index is 1530. The van der Waals surface area contributed by atoms with Gasteiger partial charge in [-0.15, -0.1) is 0 Å². The number of halogens is 4. The number of hydrogen-bond donors (Lipinski definition) is 0. The fourth-order valence-electron chi connectivity index (χ4n) is 3.57. The Morgan fingerprint density at radius 1 is 1.19 bits per heavy atom. The van der Waals surface area contributed by atoms with E-state index in [2.05, 4.69) is 41.9 Å². The summed E-state index contributed by atoms with van der Waals surface area (Å²) in [5.74, 6) is 0.766. The number of rotatable bonds is 8. The van der Waals surface area contributed by atoms with Crippen molar-refractivity contribution in [3.63, 3.8) is 0 Å². The smallest absolute Gasteiger partial charge is 0.282 e. The van der Waals surface area contributed by atoms with Crippen molar-refractivity contribution in [2.24, 2.45) is 5.10 Å². The quantitative estimate of drug-likeness (QED) is 0.193. The lowest BCUT2D eigenvalue weighted by molar-refractivity contribution is 0.279. The van der Waals surface area contributed by atoms with Crippen LogP contribution in [0.1, 0.15) is 30.3 Å². The Kier molecular flexibility index (Phi) is 8.43. The summed E-state index contributed by atoms with van der Waals surface area (Å²) in [6.07, 6.45) is 2.87. The largest absolute Gasteiger partial charge is 0.493 e. The highest BCUT2D eigenvalue weighted by Crippen LogP contribution is 2.42. The lowest BCUT2D eigenvalue weighted by Crippen LogP contribution is -2.22. The molecule has 0 unspecified atom stereocenters. The molecule has 4 rings (SSSR count). The first-order chi connectivity index (χ1) is 17.3. The molecule has 0 aliphatic rings. The lowest BCUT2D eigenvalue weighted by atomic mass is 10.2. The van der Waals surface area contributed by atoms with Crippen LogP contribution in [0.25, 0.3) is 10.9 Å². The van der Waals surface area contributed by atoms with Gasteiger partial charge in [0.05, 0.1) is 24.2 Å². The maximum Gasteiger partial charge on any atom is 0.282 e. The molecular weight excluding hydrogens is 617 g/mol. The monoisotopic (exact) mass is 635 g/mol. The molecule has 6 nitrogen and oxygen atoms in total. The summed E-state index contributed by atoms with van der Waals surface area (Å²) in [7, 11) is 1.48. The fourth-order valence-corrected chi connectivity index (χ4v) is 4.58. The van der Waals surface area contributed by atoms with E-state index in [1.807, 2.05) is 13.0 Å². The molecule has 0 aliphatic heterocycles. The highest BCUT2D eigenvalue weighted by atomic mass is 79.9. The van der Waals surface area contributed by atoms with Crippen molar-refractivity contribution in [3.05, 3.63) is 95.6 Å². The van der Waals surface area contributed by atoms with Gasteiger partial charge >= 0.3 is 0 Å². The molecule has 1 heterocycles. The first-order valence-electron chi connectivity index (χ1n) is 11.0. The van der Waals surface area contributed by atoms with Crippen LogP contribution in [0.4, 0.5) is 4.39 Å². The molecule has 0 bridgehead atoms. The summed E-state index contributed by atoms with van der Waals surface area (Å²) < 4.78 is 27.9. The zero-order valence-electron chi connectivity index (χ0n) is 19.4. The van der Waals surface area contributed by atoms with Crippen molar-refractivity contribution < 1.29 is 13.9 Å². The zero-order valence-corrected chi connectivity index (χ0v) is 23.3. The van der Waals surface area contributed by atoms with Gasteiger partial charge in [-0.1, -0.05) is 52.7 Å². The van der Waals surface area contributed by atoms with Crippen LogP contribution in [0, 0.1) is 5.82 Å². The van der Waals surface area contributed by atoms with Crippen molar-refractivity contribution in [1.82, 2.24) is 9.66 Å². The van der Waals surface area contributed by atoms with Gasteiger partial charge < -0.3 is 9.47 Å². The highest BCUT2D eigenvalue weighted by molar-refractivity contribution is 9.10. The van der Waals surface area contributed by atoms with Crippen molar-refractivity contribution in [3.8, 4) is 11.5 Å². The van der Waals surface area contributed by atoms with E-state index in [1.54, 1.807) is 36.4 Å². The van der Waals surface area contributed by atoms with Crippen molar-refractivity contribution >= 4 is 60.6 Å². The molecule has 0 aliphatic carbocycles. The third-order valence-electron chi connectivity index (χ3n) is 5.37. The van der Waals surface area contributed by atoms with E-state index in [1.165, 1.54) is 24.1 Å². The molecule has 0 saturated carbocycles. The van der Waals surface area contributed by atoms with Crippen LogP contribution in [0.15, 0.2) is 67.4 Å². The van der Waals surface area contributed by atoms with E-state index >= 15 is 0 Å². The molecule has 1 aromatic heterocycles. The van der Waals surface area contributed by atoms with E-state index in [4.69, 9.17) is 21.1 Å². The summed E-state index contributed by atoms with van der Waals surface area (Å²) in [5.41, 5.74) is 1.27. The topological polar surface area (TPSA) is 65.7 Å². The third kappa shape index (κ3) is 5.48. The predicted octanol–water partition coefficient (Wildman–Crippen LogP) is 7.14. The molecule has 10 heteroatoms. The van der Waals surface area contributed by atoms with Crippen LogP contribution < -0.4 is 15.0 Å². The number of fused-ring (bicyclic) bond motifs is 1. The van der Waals surface area contributed by atoms with Gasteiger partial charge in [0, 0.05) is 26.5 Å². The molecule has 0 atom stereocenters. The van der Waals surface area contributed by atoms with Gasteiger partial charge in [0.1, 0.15) is 23.3 Å². The van der Waals surface area contributed by atoms with E-state index in [9.17, 15) is 9.18 Å². The van der Waals surface area contributed by atoms with E-state index < -0.39 is 0 Å². The second kappa shape index (κ2) is 11.5. The van der Waals surface area contributed by atoms with Crippen LogP contribution in [-0.4, -0.2) is 23.0 Å². The number of methoxy groups -OCH3 is 1. The fraction of sp³-hybridized carbons (Fsp3) is 0.192. The molecule has 0 radical (unpaired) electrons. The number of benzene rings is 3. The van der Waals surface area contributed by atoms with Gasteiger partial charge in [0.15, 0.2) is 11.5 Å². The maximum atomic E-state index is 14.0. The third-order valence-corrected chi connectivity index (χ3v) is 7.30. The summed E-state index contributed by atoms with van der Waals surface area (Å²) in [4.78, 5) is 17.9. The zero-order chi connectivity index (χ0) is 25.8. The molecule has 0 fully saturated rings. The van der Waals surface area contributed by atoms with Crippen LogP contribution in [0.2, 0.25) is 5.02 Å². The average molecular weight is 638 g/mol. The van der Waals surface area contributed by atoms with E-state index in [0.29, 0.717) is 44.5 Å². The average Bonchev–Trinajstić information content (AvgIpc) is 2.87. The summed E-state index contributed by atoms with van der Waals surface area (Å²) in [6.45, 7) is 1.98. The molecule has 0 spiro atoms. The Hall–Kier alpha value is -2.75. The number of hydrogen-bond acceptors (Lipinski definition) is 5. The minimum absolute atomic E-state index is 0.0310. The normalized spacial score (nSPS) is 11.4. The minimum atomic E-state index is -0.375. The summed E-state index contributed by atoms with van der Waals surface area (Å²) in [6, 6.07) is 13.4. The Balaban J connectivity index is 1.73. The molecule has 0 saturated heterocycles.